The van der Waals surface area contributed by atoms with E-state index in [0.717, 1.165) is 11.8 Å². The van der Waals surface area contributed by atoms with Gasteiger partial charge in [-0.1, -0.05) is 0 Å². The van der Waals surface area contributed by atoms with E-state index in [1.165, 1.54) is 6.07 Å². The maximum absolute atomic E-state index is 12.4. The van der Waals surface area contributed by atoms with E-state index in [1.54, 1.807) is 38.1 Å². The highest BCUT2D eigenvalue weighted by Gasteiger charge is 2.40. The van der Waals surface area contributed by atoms with Crippen LogP contribution in [0.4, 0.5) is 5.69 Å². The van der Waals surface area contributed by atoms with Gasteiger partial charge in [-0.15, -0.1) is 0 Å². The Bertz CT molecular complexity index is 1120. The summed E-state index contributed by atoms with van der Waals surface area (Å²) in [5, 5.41) is 2.76. The number of aromatic nitrogens is 1. The normalized spacial score (nSPS) is 20.9. The first kappa shape index (κ1) is 18.5. The Morgan fingerprint density at radius 3 is 2.61 bits per heavy atom. The number of benzene rings is 1. The monoisotopic (exact) mass is 403 g/mol. The van der Waals surface area contributed by atoms with Crippen molar-refractivity contribution in [2.45, 2.75) is 30.3 Å². The molecule has 2 aliphatic heterocycles. The molecular weight excluding hydrogens is 382 g/mol. The van der Waals surface area contributed by atoms with Crippen LogP contribution in [0.15, 0.2) is 29.3 Å². The SMILES string of the molecule is CN1CC(c2cc(S(C)(=O)=O)cc3c2OC(C)(C)C(=O)N3)c2cc[nH]c2C1=O. The van der Waals surface area contributed by atoms with Crippen LogP contribution in [0.5, 0.6) is 5.75 Å². The molecule has 2 aliphatic rings. The van der Waals surface area contributed by atoms with Crippen LogP contribution in [0.3, 0.4) is 0 Å². The van der Waals surface area contributed by atoms with Crippen LogP contribution in [-0.2, 0) is 14.6 Å². The van der Waals surface area contributed by atoms with Crippen LogP contribution >= 0.6 is 0 Å². The number of carbonyl (C=O) groups is 2. The molecule has 0 saturated heterocycles. The zero-order valence-corrected chi connectivity index (χ0v) is 16.8. The molecule has 2 N–H and O–H groups in total. The number of hydrogen-bond donors (Lipinski definition) is 2. The van der Waals surface area contributed by atoms with Gasteiger partial charge in [-0.3, -0.25) is 9.59 Å². The number of nitrogens with zero attached hydrogens (tertiary/aromatic N) is 1. The third-order valence-electron chi connectivity index (χ3n) is 5.22. The quantitative estimate of drug-likeness (QED) is 0.794. The first-order chi connectivity index (χ1) is 13.0. The summed E-state index contributed by atoms with van der Waals surface area (Å²) in [5.41, 5.74) is 1.07. The minimum Gasteiger partial charge on any atom is -0.476 e. The van der Waals surface area contributed by atoms with Crippen molar-refractivity contribution in [3.63, 3.8) is 0 Å². The molecule has 0 saturated carbocycles. The summed E-state index contributed by atoms with van der Waals surface area (Å²) < 4.78 is 30.5. The second kappa shape index (κ2) is 5.84. The van der Waals surface area contributed by atoms with Crippen LogP contribution in [0.2, 0.25) is 0 Å². The third-order valence-corrected chi connectivity index (χ3v) is 6.31. The average Bonchev–Trinajstić information content (AvgIpc) is 3.07. The molecule has 8 nitrogen and oxygen atoms in total. The molecule has 1 aromatic heterocycles. The van der Waals surface area contributed by atoms with Gasteiger partial charge in [-0.05, 0) is 37.6 Å². The highest BCUT2D eigenvalue weighted by Crippen LogP contribution is 2.45. The highest BCUT2D eigenvalue weighted by atomic mass is 32.2. The molecule has 2 aromatic rings. The number of carbonyl (C=O) groups excluding carboxylic acids is 2. The van der Waals surface area contributed by atoms with Crippen LogP contribution in [0, 0.1) is 0 Å². The lowest BCUT2D eigenvalue weighted by Crippen LogP contribution is -2.46. The molecule has 0 bridgehead atoms. The Kier molecular flexibility index (Phi) is 3.87. The van der Waals surface area contributed by atoms with Gasteiger partial charge in [-0.2, -0.15) is 0 Å². The topological polar surface area (TPSA) is 109 Å². The molecule has 9 heteroatoms. The van der Waals surface area contributed by atoms with Crippen molar-refractivity contribution in [1.82, 2.24) is 9.88 Å². The largest absolute Gasteiger partial charge is 0.476 e. The van der Waals surface area contributed by atoms with E-state index < -0.39 is 15.4 Å². The van der Waals surface area contributed by atoms with E-state index in [-0.39, 0.29) is 22.6 Å². The summed E-state index contributed by atoms with van der Waals surface area (Å²) in [5.74, 6) is -0.351. The molecule has 0 aliphatic carbocycles. The van der Waals surface area contributed by atoms with E-state index in [0.29, 0.717) is 29.2 Å². The standard InChI is InChI=1S/C19H21N3O5S/c1-19(2)18(24)21-14-8-10(28(4,25)26)7-12(16(14)27-19)13-9-22(3)17(23)15-11(13)5-6-20-15/h5-8,13,20H,9H2,1-4H3,(H,21,24). The fourth-order valence-electron chi connectivity index (χ4n) is 3.65. The summed E-state index contributed by atoms with van der Waals surface area (Å²) in [6.07, 6.45) is 2.81. The Hall–Kier alpha value is -2.81. The Morgan fingerprint density at radius 1 is 1.21 bits per heavy atom. The van der Waals surface area contributed by atoms with E-state index in [9.17, 15) is 18.0 Å². The molecule has 28 heavy (non-hydrogen) atoms. The number of sulfone groups is 1. The summed E-state index contributed by atoms with van der Waals surface area (Å²) in [6, 6.07) is 4.81. The Morgan fingerprint density at radius 2 is 1.93 bits per heavy atom. The minimum atomic E-state index is -3.53. The predicted molar refractivity (Wildman–Crippen MR) is 102 cm³/mol. The fraction of sp³-hybridized carbons (Fsp3) is 0.368. The summed E-state index contributed by atoms with van der Waals surface area (Å²) in [6.45, 7) is 3.66. The van der Waals surface area contributed by atoms with E-state index >= 15 is 0 Å². The molecule has 0 spiro atoms. The summed E-state index contributed by atoms with van der Waals surface area (Å²) >= 11 is 0. The number of aromatic amines is 1. The number of anilines is 1. The molecule has 4 rings (SSSR count). The molecule has 0 fully saturated rings. The Labute approximate surface area is 162 Å². The van der Waals surface area contributed by atoms with Gasteiger partial charge in [0.15, 0.2) is 15.4 Å². The summed E-state index contributed by atoms with van der Waals surface area (Å²) in [7, 11) is -1.83. The molecule has 148 valence electrons. The van der Waals surface area contributed by atoms with Crippen molar-refractivity contribution in [2.24, 2.45) is 0 Å². The van der Waals surface area contributed by atoms with Crippen LogP contribution in [0.25, 0.3) is 0 Å². The molecule has 0 radical (unpaired) electrons. The second-order valence-electron chi connectivity index (χ2n) is 7.77. The first-order valence-electron chi connectivity index (χ1n) is 8.80. The fourth-order valence-corrected chi connectivity index (χ4v) is 4.32. The van der Waals surface area contributed by atoms with Crippen molar-refractivity contribution >= 4 is 27.3 Å². The number of nitrogens with one attached hydrogen (secondary N) is 2. The van der Waals surface area contributed by atoms with E-state index in [1.807, 2.05) is 6.07 Å². The van der Waals surface area contributed by atoms with Crippen molar-refractivity contribution in [1.29, 1.82) is 0 Å². The average molecular weight is 403 g/mol. The lowest BCUT2D eigenvalue weighted by molar-refractivity contribution is -0.129. The van der Waals surface area contributed by atoms with E-state index in [4.69, 9.17) is 4.74 Å². The highest BCUT2D eigenvalue weighted by molar-refractivity contribution is 7.90. The van der Waals surface area contributed by atoms with Crippen LogP contribution in [0.1, 0.15) is 41.4 Å². The smallest absolute Gasteiger partial charge is 0.270 e. The van der Waals surface area contributed by atoms with Crippen molar-refractivity contribution < 1.29 is 22.7 Å². The van der Waals surface area contributed by atoms with Gasteiger partial charge in [-0.25, -0.2) is 8.42 Å². The van der Waals surface area contributed by atoms with E-state index in [2.05, 4.69) is 10.3 Å². The Balaban J connectivity index is 1.97. The van der Waals surface area contributed by atoms with Crippen molar-refractivity contribution in [3.05, 3.63) is 41.2 Å². The van der Waals surface area contributed by atoms with Gasteiger partial charge in [0.2, 0.25) is 0 Å². The number of hydrogen-bond acceptors (Lipinski definition) is 5. The third kappa shape index (κ3) is 2.77. The molecule has 1 atom stereocenters. The van der Waals surface area contributed by atoms with Crippen LogP contribution in [-0.4, -0.2) is 55.6 Å². The minimum absolute atomic E-state index is 0.0847. The van der Waals surface area contributed by atoms with Crippen molar-refractivity contribution in [3.8, 4) is 5.75 Å². The molecule has 1 aromatic carbocycles. The number of likely N-dealkylation sites (N-methyl/N-ethyl adjacent to an activating group) is 1. The number of H-pyrrole nitrogens is 1. The van der Waals surface area contributed by atoms with Crippen molar-refractivity contribution in [2.75, 3.05) is 25.2 Å². The van der Waals surface area contributed by atoms with Gasteiger partial charge in [0.05, 0.1) is 10.6 Å². The lowest BCUT2D eigenvalue weighted by atomic mass is 9.86. The summed E-state index contributed by atoms with van der Waals surface area (Å²) in [4.78, 5) is 29.4. The number of rotatable bonds is 2. The molecule has 1 unspecified atom stereocenters. The number of amides is 2. The number of fused-ring (bicyclic) bond motifs is 2. The second-order valence-corrected chi connectivity index (χ2v) is 9.79. The molecule has 3 heterocycles. The maximum Gasteiger partial charge on any atom is 0.270 e. The van der Waals surface area contributed by atoms with Gasteiger partial charge >= 0.3 is 0 Å². The number of ether oxygens (including phenoxy) is 1. The van der Waals surface area contributed by atoms with Gasteiger partial charge in [0, 0.05) is 37.5 Å². The lowest BCUT2D eigenvalue weighted by Gasteiger charge is -2.36. The maximum atomic E-state index is 12.4. The zero-order valence-electron chi connectivity index (χ0n) is 16.0. The molecule has 2 amide bonds. The van der Waals surface area contributed by atoms with Gasteiger partial charge < -0.3 is 19.9 Å². The molecular formula is C19H21N3O5S. The van der Waals surface area contributed by atoms with Gasteiger partial charge in [0.25, 0.3) is 11.8 Å². The van der Waals surface area contributed by atoms with Gasteiger partial charge in [0.1, 0.15) is 11.4 Å². The van der Waals surface area contributed by atoms with Crippen LogP contribution < -0.4 is 10.1 Å². The first-order valence-corrected chi connectivity index (χ1v) is 10.7. The predicted octanol–water partition coefficient (Wildman–Crippen LogP) is 1.75. The zero-order chi connectivity index (χ0) is 20.4.